The molecular formula is C16H9ClFNO2. The number of aromatic nitrogens is 1. The number of halogens is 2. The van der Waals surface area contributed by atoms with Crippen LogP contribution in [0.15, 0.2) is 48.5 Å². The summed E-state index contributed by atoms with van der Waals surface area (Å²) in [6, 6.07) is 12.1. The van der Waals surface area contributed by atoms with Crippen LogP contribution >= 0.6 is 11.6 Å². The van der Waals surface area contributed by atoms with E-state index >= 15 is 0 Å². The van der Waals surface area contributed by atoms with Gasteiger partial charge in [-0.15, -0.1) is 0 Å². The normalized spacial score (nSPS) is 10.8. The Morgan fingerprint density at radius 1 is 1.10 bits per heavy atom. The fourth-order valence-corrected chi connectivity index (χ4v) is 2.35. The average Bonchev–Trinajstić information content (AvgIpc) is 2.47. The van der Waals surface area contributed by atoms with Crippen molar-refractivity contribution in [3.05, 3.63) is 64.9 Å². The van der Waals surface area contributed by atoms with E-state index in [-0.39, 0.29) is 11.4 Å². The van der Waals surface area contributed by atoms with E-state index in [0.717, 1.165) is 0 Å². The van der Waals surface area contributed by atoms with Crippen LogP contribution in [0.3, 0.4) is 0 Å². The second kappa shape index (κ2) is 5.14. The molecule has 1 heterocycles. The Labute approximate surface area is 124 Å². The first-order valence-electron chi connectivity index (χ1n) is 6.14. The van der Waals surface area contributed by atoms with Gasteiger partial charge < -0.3 is 5.11 Å². The van der Waals surface area contributed by atoms with Gasteiger partial charge in [0.2, 0.25) is 0 Å². The Morgan fingerprint density at radius 3 is 2.48 bits per heavy atom. The van der Waals surface area contributed by atoms with Crippen LogP contribution in [0.4, 0.5) is 4.39 Å². The van der Waals surface area contributed by atoms with Crippen molar-refractivity contribution in [1.29, 1.82) is 0 Å². The number of benzene rings is 2. The van der Waals surface area contributed by atoms with Crippen molar-refractivity contribution < 1.29 is 14.3 Å². The third-order valence-electron chi connectivity index (χ3n) is 3.15. The van der Waals surface area contributed by atoms with E-state index in [4.69, 9.17) is 16.7 Å². The van der Waals surface area contributed by atoms with E-state index in [2.05, 4.69) is 4.98 Å². The molecule has 0 fully saturated rings. The van der Waals surface area contributed by atoms with Gasteiger partial charge in [-0.05, 0) is 42.5 Å². The number of rotatable bonds is 2. The number of fused-ring (bicyclic) bond motifs is 1. The number of nitrogens with zero attached hydrogens (tertiary/aromatic N) is 1. The summed E-state index contributed by atoms with van der Waals surface area (Å²) in [7, 11) is 0. The maximum atomic E-state index is 13.0. The quantitative estimate of drug-likeness (QED) is 0.763. The van der Waals surface area contributed by atoms with Gasteiger partial charge in [-0.2, -0.15) is 0 Å². The number of aromatic carboxylic acids is 1. The summed E-state index contributed by atoms with van der Waals surface area (Å²) in [5.74, 6) is -1.36. The molecule has 1 N–H and O–H groups in total. The van der Waals surface area contributed by atoms with Gasteiger partial charge in [0.1, 0.15) is 5.82 Å². The number of carbonyl (C=O) groups is 1. The van der Waals surface area contributed by atoms with Crippen LogP contribution in [-0.2, 0) is 0 Å². The molecule has 0 saturated heterocycles. The molecule has 0 atom stereocenters. The second-order valence-corrected chi connectivity index (χ2v) is 4.94. The molecule has 0 radical (unpaired) electrons. The summed E-state index contributed by atoms with van der Waals surface area (Å²) in [6.07, 6.45) is 0. The highest BCUT2D eigenvalue weighted by atomic mass is 35.5. The molecule has 0 aliphatic carbocycles. The van der Waals surface area contributed by atoms with Gasteiger partial charge in [0.25, 0.3) is 0 Å². The summed E-state index contributed by atoms with van der Waals surface area (Å²) in [6.45, 7) is 0. The monoisotopic (exact) mass is 301 g/mol. The van der Waals surface area contributed by atoms with E-state index in [1.165, 1.54) is 24.3 Å². The van der Waals surface area contributed by atoms with Gasteiger partial charge in [0.15, 0.2) is 0 Å². The van der Waals surface area contributed by atoms with Crippen molar-refractivity contribution in [2.45, 2.75) is 0 Å². The number of pyridine rings is 1. The van der Waals surface area contributed by atoms with Crippen molar-refractivity contribution >= 4 is 28.5 Å². The fourth-order valence-electron chi connectivity index (χ4n) is 2.09. The van der Waals surface area contributed by atoms with Gasteiger partial charge in [-0.3, -0.25) is 0 Å². The standard InChI is InChI=1S/C16H9ClFNO2/c17-13-8-14(9-1-4-11(18)5-2-9)19-15-7-10(16(20)21)3-6-12(13)15/h1-8H,(H,20,21). The number of hydrogen-bond acceptors (Lipinski definition) is 2. The highest BCUT2D eigenvalue weighted by Gasteiger charge is 2.09. The topological polar surface area (TPSA) is 50.2 Å². The van der Waals surface area contributed by atoms with Crippen LogP contribution in [-0.4, -0.2) is 16.1 Å². The van der Waals surface area contributed by atoms with Crippen molar-refractivity contribution in [2.75, 3.05) is 0 Å². The minimum atomic E-state index is -1.03. The van der Waals surface area contributed by atoms with Crippen molar-refractivity contribution in [1.82, 2.24) is 4.98 Å². The summed E-state index contributed by atoms with van der Waals surface area (Å²) in [5.41, 5.74) is 1.90. The molecule has 5 heteroatoms. The zero-order valence-corrected chi connectivity index (χ0v) is 11.4. The molecule has 0 bridgehead atoms. The lowest BCUT2D eigenvalue weighted by Crippen LogP contribution is -1.96. The van der Waals surface area contributed by atoms with Crippen molar-refractivity contribution in [3.8, 4) is 11.3 Å². The fraction of sp³-hybridized carbons (Fsp3) is 0. The Bertz CT molecular complexity index is 847. The highest BCUT2D eigenvalue weighted by molar-refractivity contribution is 6.35. The van der Waals surface area contributed by atoms with Gasteiger partial charge in [-0.25, -0.2) is 14.2 Å². The molecule has 0 spiro atoms. The number of carboxylic acids is 1. The summed E-state index contributed by atoms with van der Waals surface area (Å²) < 4.78 is 13.0. The summed E-state index contributed by atoms with van der Waals surface area (Å²) in [4.78, 5) is 15.4. The van der Waals surface area contributed by atoms with Gasteiger partial charge in [0, 0.05) is 10.9 Å². The molecule has 104 valence electrons. The molecule has 0 unspecified atom stereocenters. The predicted molar refractivity (Wildman–Crippen MR) is 79.1 cm³/mol. The molecule has 1 aromatic heterocycles. The molecule has 0 aliphatic rings. The number of carboxylic acid groups (broad SMARTS) is 1. The first-order valence-corrected chi connectivity index (χ1v) is 6.52. The van der Waals surface area contributed by atoms with E-state index in [1.807, 2.05) is 0 Å². The molecular weight excluding hydrogens is 293 g/mol. The zero-order chi connectivity index (χ0) is 15.0. The Kier molecular flexibility index (Phi) is 3.31. The maximum absolute atomic E-state index is 13.0. The van der Waals surface area contributed by atoms with Crippen LogP contribution in [0.2, 0.25) is 5.02 Å². The van der Waals surface area contributed by atoms with Crippen molar-refractivity contribution in [3.63, 3.8) is 0 Å². The molecule has 21 heavy (non-hydrogen) atoms. The molecule has 0 amide bonds. The molecule has 0 saturated carbocycles. The van der Waals surface area contributed by atoms with E-state index < -0.39 is 5.97 Å². The average molecular weight is 302 g/mol. The minimum Gasteiger partial charge on any atom is -0.478 e. The summed E-state index contributed by atoms with van der Waals surface area (Å²) >= 11 is 6.21. The Balaban J connectivity index is 2.20. The second-order valence-electron chi connectivity index (χ2n) is 4.53. The first kappa shape index (κ1) is 13.5. The molecule has 3 rings (SSSR count). The third kappa shape index (κ3) is 2.58. The van der Waals surface area contributed by atoms with E-state index in [9.17, 15) is 9.18 Å². The lowest BCUT2D eigenvalue weighted by molar-refractivity contribution is 0.0697. The Hall–Kier alpha value is -2.46. The summed E-state index contributed by atoms with van der Waals surface area (Å²) in [5, 5.41) is 10.2. The Morgan fingerprint density at radius 2 is 1.81 bits per heavy atom. The van der Waals surface area contributed by atoms with E-state index in [1.54, 1.807) is 24.3 Å². The SMILES string of the molecule is O=C(O)c1ccc2c(Cl)cc(-c3ccc(F)cc3)nc2c1. The number of hydrogen-bond donors (Lipinski definition) is 1. The lowest BCUT2D eigenvalue weighted by atomic mass is 10.1. The van der Waals surface area contributed by atoms with Crippen LogP contribution in [0.5, 0.6) is 0 Å². The van der Waals surface area contributed by atoms with Crippen LogP contribution in [0.25, 0.3) is 22.2 Å². The highest BCUT2D eigenvalue weighted by Crippen LogP contribution is 2.28. The maximum Gasteiger partial charge on any atom is 0.335 e. The molecule has 3 nitrogen and oxygen atoms in total. The predicted octanol–water partition coefficient (Wildman–Crippen LogP) is 4.39. The van der Waals surface area contributed by atoms with Gasteiger partial charge in [-0.1, -0.05) is 17.7 Å². The first-order chi connectivity index (χ1) is 10.0. The minimum absolute atomic E-state index is 0.141. The van der Waals surface area contributed by atoms with Crippen LogP contribution < -0.4 is 0 Å². The largest absolute Gasteiger partial charge is 0.478 e. The smallest absolute Gasteiger partial charge is 0.335 e. The molecule has 2 aromatic carbocycles. The molecule has 0 aliphatic heterocycles. The van der Waals surface area contributed by atoms with Crippen molar-refractivity contribution in [2.24, 2.45) is 0 Å². The van der Waals surface area contributed by atoms with Crippen LogP contribution in [0, 0.1) is 5.82 Å². The van der Waals surface area contributed by atoms with Crippen LogP contribution in [0.1, 0.15) is 10.4 Å². The zero-order valence-electron chi connectivity index (χ0n) is 10.7. The third-order valence-corrected chi connectivity index (χ3v) is 3.46. The van der Waals surface area contributed by atoms with E-state index in [0.29, 0.717) is 27.2 Å². The lowest BCUT2D eigenvalue weighted by Gasteiger charge is -2.06. The van der Waals surface area contributed by atoms with Gasteiger partial charge >= 0.3 is 5.97 Å². The van der Waals surface area contributed by atoms with Gasteiger partial charge in [0.05, 0.1) is 21.8 Å². The molecule has 3 aromatic rings.